The van der Waals surface area contributed by atoms with Gasteiger partial charge in [0.25, 0.3) is 0 Å². The van der Waals surface area contributed by atoms with Crippen LogP contribution in [0.25, 0.3) is 0 Å². The van der Waals surface area contributed by atoms with E-state index in [1.807, 2.05) is 7.05 Å². The molecule has 26 heavy (non-hydrogen) atoms. The van der Waals surface area contributed by atoms with Crippen LogP contribution >= 0.6 is 39.9 Å². The summed E-state index contributed by atoms with van der Waals surface area (Å²) in [6, 6.07) is 9.89. The Morgan fingerprint density at radius 1 is 1.19 bits per heavy atom. The molecular weight excluding hydrogens is 503 g/mol. The first-order chi connectivity index (χ1) is 12.0. The molecule has 6 heteroatoms. The van der Waals surface area contributed by atoms with Gasteiger partial charge in [0.05, 0.1) is 0 Å². The van der Waals surface area contributed by atoms with Crippen LogP contribution in [0.2, 0.25) is 0 Å². The van der Waals surface area contributed by atoms with E-state index in [0.29, 0.717) is 6.04 Å². The van der Waals surface area contributed by atoms with Crippen molar-refractivity contribution in [2.45, 2.75) is 57.0 Å². The summed E-state index contributed by atoms with van der Waals surface area (Å²) < 4.78 is 1.16. The van der Waals surface area contributed by atoms with E-state index in [-0.39, 0.29) is 29.4 Å². The molecule has 146 valence electrons. The number of piperidine rings is 1. The number of likely N-dealkylation sites (tertiary alicyclic amines) is 1. The number of guanidine groups is 1. The molecule has 0 radical (unpaired) electrons. The lowest BCUT2D eigenvalue weighted by Crippen LogP contribution is -2.50. The Kier molecular flexibility index (Phi) is 8.22. The predicted octanol–water partition coefficient (Wildman–Crippen LogP) is 4.14. The lowest BCUT2D eigenvalue weighted by Gasteiger charge is -2.34. The average Bonchev–Trinajstić information content (AvgIpc) is 3.44. The molecule has 4 nitrogen and oxygen atoms in total. The molecule has 0 bridgehead atoms. The van der Waals surface area contributed by atoms with Gasteiger partial charge in [-0.2, -0.15) is 0 Å². The monoisotopic (exact) mass is 534 g/mol. The maximum atomic E-state index is 4.44. The van der Waals surface area contributed by atoms with Gasteiger partial charge in [-0.15, -0.1) is 24.0 Å². The van der Waals surface area contributed by atoms with Gasteiger partial charge in [-0.1, -0.05) is 48.0 Å². The first-order valence-corrected chi connectivity index (χ1v) is 10.2. The molecule has 1 saturated heterocycles. The van der Waals surface area contributed by atoms with Crippen LogP contribution in [0.15, 0.2) is 33.7 Å². The minimum absolute atomic E-state index is 0. The molecule has 0 spiro atoms. The second-order valence-corrected chi connectivity index (χ2v) is 8.83. The molecule has 0 atom stereocenters. The summed E-state index contributed by atoms with van der Waals surface area (Å²) >= 11 is 3.68. The molecule has 1 aliphatic carbocycles. The summed E-state index contributed by atoms with van der Waals surface area (Å²) in [5.74, 6) is 0.921. The second kappa shape index (κ2) is 9.73. The van der Waals surface area contributed by atoms with Crippen LogP contribution in [0.4, 0.5) is 0 Å². The van der Waals surface area contributed by atoms with Crippen LogP contribution in [0.5, 0.6) is 0 Å². The molecule has 1 heterocycles. The highest BCUT2D eigenvalue weighted by Gasteiger charge is 2.32. The number of benzene rings is 1. The van der Waals surface area contributed by atoms with Crippen molar-refractivity contribution in [1.82, 2.24) is 15.5 Å². The van der Waals surface area contributed by atoms with Gasteiger partial charge < -0.3 is 15.5 Å². The zero-order valence-corrected chi connectivity index (χ0v) is 20.0. The van der Waals surface area contributed by atoms with E-state index in [1.54, 1.807) is 0 Å². The third-order valence-electron chi connectivity index (χ3n) is 5.46. The van der Waals surface area contributed by atoms with Crippen LogP contribution in [0.3, 0.4) is 0 Å². The summed E-state index contributed by atoms with van der Waals surface area (Å²) in [4.78, 5) is 7.09. The van der Waals surface area contributed by atoms with Gasteiger partial charge in [0, 0.05) is 48.7 Å². The van der Waals surface area contributed by atoms with Crippen LogP contribution in [0.1, 0.15) is 45.1 Å². The molecule has 2 N–H and O–H groups in total. The minimum Gasteiger partial charge on any atom is -0.356 e. The third kappa shape index (κ3) is 5.83. The Morgan fingerprint density at radius 3 is 2.42 bits per heavy atom. The van der Waals surface area contributed by atoms with Crippen molar-refractivity contribution in [3.8, 4) is 0 Å². The van der Waals surface area contributed by atoms with Gasteiger partial charge in [-0.3, -0.25) is 4.99 Å². The van der Waals surface area contributed by atoms with Crippen LogP contribution in [-0.2, 0) is 5.41 Å². The Bertz CT molecular complexity index is 608. The van der Waals surface area contributed by atoms with Crippen molar-refractivity contribution in [2.24, 2.45) is 4.99 Å². The summed E-state index contributed by atoms with van der Waals surface area (Å²) in [7, 11) is 1.86. The first kappa shape index (κ1) is 22.0. The van der Waals surface area contributed by atoms with Gasteiger partial charge in [0.15, 0.2) is 5.96 Å². The van der Waals surface area contributed by atoms with Crippen molar-refractivity contribution < 1.29 is 0 Å². The van der Waals surface area contributed by atoms with Crippen molar-refractivity contribution >= 4 is 45.9 Å². The van der Waals surface area contributed by atoms with E-state index in [4.69, 9.17) is 0 Å². The summed E-state index contributed by atoms with van der Waals surface area (Å²) in [5.41, 5.74) is 1.34. The highest BCUT2D eigenvalue weighted by Crippen LogP contribution is 2.30. The number of nitrogens with one attached hydrogen (secondary N) is 2. The van der Waals surface area contributed by atoms with E-state index in [0.717, 1.165) is 23.0 Å². The topological polar surface area (TPSA) is 39.7 Å². The molecule has 2 aliphatic rings. The Balaban J connectivity index is 0.00000243. The van der Waals surface area contributed by atoms with E-state index in [2.05, 4.69) is 74.6 Å². The smallest absolute Gasteiger partial charge is 0.191 e. The van der Waals surface area contributed by atoms with E-state index in [9.17, 15) is 0 Å². The predicted molar refractivity (Wildman–Crippen MR) is 125 cm³/mol. The van der Waals surface area contributed by atoms with E-state index >= 15 is 0 Å². The molecule has 1 aromatic carbocycles. The molecule has 1 aliphatic heterocycles. The molecule has 1 saturated carbocycles. The van der Waals surface area contributed by atoms with Crippen LogP contribution in [0, 0.1) is 0 Å². The number of nitrogens with zero attached hydrogens (tertiary/aromatic N) is 2. The largest absolute Gasteiger partial charge is 0.356 e. The second-order valence-electron chi connectivity index (χ2n) is 7.98. The van der Waals surface area contributed by atoms with Crippen LogP contribution in [-0.4, -0.2) is 49.6 Å². The normalized spacial score (nSPS) is 19.8. The number of hydrogen-bond donors (Lipinski definition) is 2. The van der Waals surface area contributed by atoms with Crippen molar-refractivity contribution in [2.75, 3.05) is 26.7 Å². The Labute approximate surface area is 183 Å². The summed E-state index contributed by atoms with van der Waals surface area (Å²) in [6.45, 7) is 7.82. The standard InChI is InChI=1S/C20H31BrN4.HI/c1-20(2,17-6-4-5-7-18(17)21)14-23-19(22-3)24-15-10-12-25(13-11-15)16-8-9-16;/h4-7,15-16H,8-14H2,1-3H3,(H2,22,23,24);1H. The highest BCUT2D eigenvalue weighted by atomic mass is 127. The Morgan fingerprint density at radius 2 is 1.85 bits per heavy atom. The van der Waals surface area contributed by atoms with Gasteiger partial charge >= 0.3 is 0 Å². The number of rotatable bonds is 5. The zero-order valence-electron chi connectivity index (χ0n) is 16.1. The van der Waals surface area contributed by atoms with Crippen LogP contribution < -0.4 is 10.6 Å². The van der Waals surface area contributed by atoms with Crippen molar-refractivity contribution in [3.63, 3.8) is 0 Å². The first-order valence-electron chi connectivity index (χ1n) is 9.46. The number of halogens is 2. The fourth-order valence-electron chi connectivity index (χ4n) is 3.65. The lowest BCUT2D eigenvalue weighted by molar-refractivity contribution is 0.197. The lowest BCUT2D eigenvalue weighted by atomic mass is 9.84. The molecule has 2 fully saturated rings. The molecule has 0 aromatic heterocycles. The van der Waals surface area contributed by atoms with Crippen molar-refractivity contribution in [3.05, 3.63) is 34.3 Å². The number of hydrogen-bond acceptors (Lipinski definition) is 2. The maximum Gasteiger partial charge on any atom is 0.191 e. The maximum absolute atomic E-state index is 4.44. The van der Waals surface area contributed by atoms with Gasteiger partial charge in [0.1, 0.15) is 0 Å². The fraction of sp³-hybridized carbons (Fsp3) is 0.650. The molecule has 0 unspecified atom stereocenters. The minimum atomic E-state index is 0. The highest BCUT2D eigenvalue weighted by molar-refractivity contribution is 14.0. The average molecular weight is 535 g/mol. The third-order valence-corrected chi connectivity index (χ3v) is 6.15. The quantitative estimate of drug-likeness (QED) is 0.339. The SMILES string of the molecule is CN=C(NCC(C)(C)c1ccccc1Br)NC1CCN(C2CC2)CC1.I. The van der Waals surface area contributed by atoms with Gasteiger partial charge in [-0.05, 0) is 37.3 Å². The van der Waals surface area contributed by atoms with E-state index in [1.165, 1.54) is 44.3 Å². The van der Waals surface area contributed by atoms with E-state index < -0.39 is 0 Å². The summed E-state index contributed by atoms with van der Waals surface area (Å²) in [6.07, 6.45) is 5.24. The molecule has 0 amide bonds. The number of aliphatic imine (C=N–C) groups is 1. The van der Waals surface area contributed by atoms with Gasteiger partial charge in [0.2, 0.25) is 0 Å². The Hall–Kier alpha value is -0.340. The van der Waals surface area contributed by atoms with Crippen molar-refractivity contribution in [1.29, 1.82) is 0 Å². The summed E-state index contributed by atoms with van der Waals surface area (Å²) in [5, 5.41) is 7.16. The zero-order chi connectivity index (χ0) is 17.9. The molecule has 1 aromatic rings. The molecule has 3 rings (SSSR count). The van der Waals surface area contributed by atoms with Gasteiger partial charge in [-0.25, -0.2) is 0 Å². The molecular formula is C20H32BrIN4. The fourth-order valence-corrected chi connectivity index (χ4v) is 4.47.